The van der Waals surface area contributed by atoms with Crippen LogP contribution in [-0.4, -0.2) is 25.7 Å². The number of nitrogens with one attached hydrogen (secondary N) is 1. The molecule has 0 saturated carbocycles. The summed E-state index contributed by atoms with van der Waals surface area (Å²) in [5, 5.41) is 1.12. The summed E-state index contributed by atoms with van der Waals surface area (Å²) in [6.45, 7) is 1.94. The number of carbonyl (C=O) groups is 2. The van der Waals surface area contributed by atoms with Gasteiger partial charge in [-0.3, -0.25) is 15.0 Å². The first-order valence-corrected chi connectivity index (χ1v) is 8.45. The molecule has 0 unspecified atom stereocenters. The molecule has 2 amide bonds. The number of hydrazine groups is 1. The molecule has 3 rings (SSSR count). The zero-order chi connectivity index (χ0) is 17.3. The molecule has 1 fully saturated rings. The average Bonchev–Trinajstić information content (AvgIpc) is 3.07. The van der Waals surface area contributed by atoms with Crippen molar-refractivity contribution in [1.29, 1.82) is 0 Å². The van der Waals surface area contributed by atoms with Crippen LogP contribution in [0, 0.1) is 6.92 Å². The maximum Gasteiger partial charge on any atom is 0.285 e. The number of thioether (sulfide) groups is 1. The molecular formula is C17H15N3O2S2. The molecule has 5 nitrogen and oxygen atoms in total. The number of aryl methyl sites for hydroxylation is 2. The summed E-state index contributed by atoms with van der Waals surface area (Å²) in [4.78, 5) is 25.3. The van der Waals surface area contributed by atoms with E-state index in [0.29, 0.717) is 14.8 Å². The fourth-order valence-electron chi connectivity index (χ4n) is 2.19. The van der Waals surface area contributed by atoms with Crippen LogP contribution >= 0.6 is 24.0 Å². The first-order valence-electron chi connectivity index (χ1n) is 7.22. The highest BCUT2D eigenvalue weighted by Crippen LogP contribution is 2.31. The summed E-state index contributed by atoms with van der Waals surface area (Å²) in [6.07, 6.45) is 3.66. The summed E-state index contributed by atoms with van der Waals surface area (Å²) in [6, 6.07) is 10.9. The van der Waals surface area contributed by atoms with Crippen molar-refractivity contribution in [3.63, 3.8) is 0 Å². The molecule has 1 saturated heterocycles. The second kappa shape index (κ2) is 6.62. The van der Waals surface area contributed by atoms with E-state index < -0.39 is 0 Å². The van der Waals surface area contributed by atoms with E-state index in [9.17, 15) is 9.59 Å². The molecule has 0 bridgehead atoms. The third kappa shape index (κ3) is 3.27. The molecule has 1 aliphatic heterocycles. The Hall–Kier alpha value is -2.38. The van der Waals surface area contributed by atoms with Crippen LogP contribution in [0.5, 0.6) is 0 Å². The van der Waals surface area contributed by atoms with Crippen LogP contribution in [0.3, 0.4) is 0 Å². The molecule has 0 radical (unpaired) electrons. The number of benzene rings is 1. The van der Waals surface area contributed by atoms with Gasteiger partial charge >= 0.3 is 0 Å². The Morgan fingerprint density at radius 1 is 1.25 bits per heavy atom. The van der Waals surface area contributed by atoms with Gasteiger partial charge in [0.2, 0.25) is 0 Å². The normalized spacial score (nSPS) is 16.1. The van der Waals surface area contributed by atoms with Crippen molar-refractivity contribution in [3.8, 4) is 0 Å². The first-order chi connectivity index (χ1) is 11.5. The fourth-order valence-corrected chi connectivity index (χ4v) is 3.36. The van der Waals surface area contributed by atoms with E-state index in [-0.39, 0.29) is 11.8 Å². The van der Waals surface area contributed by atoms with Crippen molar-refractivity contribution in [2.24, 2.45) is 7.05 Å². The quantitative estimate of drug-likeness (QED) is 0.678. The highest BCUT2D eigenvalue weighted by molar-refractivity contribution is 8.26. The van der Waals surface area contributed by atoms with Gasteiger partial charge in [-0.25, -0.2) is 0 Å². The van der Waals surface area contributed by atoms with E-state index in [0.717, 1.165) is 16.3 Å². The summed E-state index contributed by atoms with van der Waals surface area (Å²) < 4.78 is 2.21. The highest BCUT2D eigenvalue weighted by Gasteiger charge is 2.33. The lowest BCUT2D eigenvalue weighted by atomic mass is 10.1. The van der Waals surface area contributed by atoms with Gasteiger partial charge in [-0.05, 0) is 49.5 Å². The largest absolute Gasteiger partial charge is 0.351 e. The van der Waals surface area contributed by atoms with E-state index in [1.54, 1.807) is 18.2 Å². The summed E-state index contributed by atoms with van der Waals surface area (Å²) in [7, 11) is 1.89. The highest BCUT2D eigenvalue weighted by atomic mass is 32.2. The lowest BCUT2D eigenvalue weighted by Gasteiger charge is -2.15. The minimum Gasteiger partial charge on any atom is -0.351 e. The number of carbonyl (C=O) groups excluding carboxylic acids is 2. The first kappa shape index (κ1) is 16.5. The van der Waals surface area contributed by atoms with Crippen molar-refractivity contribution in [3.05, 3.63) is 64.3 Å². The molecule has 1 aliphatic rings. The van der Waals surface area contributed by atoms with Crippen molar-refractivity contribution < 1.29 is 9.59 Å². The van der Waals surface area contributed by atoms with Crippen LogP contribution in [0.4, 0.5) is 0 Å². The topological polar surface area (TPSA) is 54.3 Å². The SMILES string of the molecule is Cc1ccc(C(=O)NN2C(=O)/C(=C\c3cccn3C)SC2=S)cc1. The van der Waals surface area contributed by atoms with Crippen LogP contribution in [0.1, 0.15) is 21.6 Å². The molecule has 1 aromatic carbocycles. The number of thiocarbonyl (C=S) groups is 1. The van der Waals surface area contributed by atoms with E-state index in [1.165, 1.54) is 11.8 Å². The maximum absolute atomic E-state index is 12.5. The lowest BCUT2D eigenvalue weighted by molar-refractivity contribution is -0.123. The molecule has 1 aromatic heterocycles. The third-order valence-corrected chi connectivity index (χ3v) is 4.89. The molecule has 2 heterocycles. The third-order valence-electron chi connectivity index (χ3n) is 3.58. The van der Waals surface area contributed by atoms with Crippen LogP contribution in [0.25, 0.3) is 6.08 Å². The zero-order valence-electron chi connectivity index (χ0n) is 13.1. The van der Waals surface area contributed by atoms with Gasteiger partial charge in [0.25, 0.3) is 11.8 Å². The van der Waals surface area contributed by atoms with Crippen molar-refractivity contribution in [2.75, 3.05) is 0 Å². The van der Waals surface area contributed by atoms with Gasteiger partial charge in [0, 0.05) is 24.5 Å². The average molecular weight is 357 g/mol. The van der Waals surface area contributed by atoms with Crippen LogP contribution in [0.2, 0.25) is 0 Å². The van der Waals surface area contributed by atoms with Gasteiger partial charge in [-0.2, -0.15) is 5.01 Å². The Morgan fingerprint density at radius 3 is 2.58 bits per heavy atom. The molecule has 24 heavy (non-hydrogen) atoms. The second-order valence-corrected chi connectivity index (χ2v) is 7.04. The Bertz CT molecular complexity index is 853. The van der Waals surface area contributed by atoms with E-state index in [1.807, 2.05) is 49.0 Å². The number of amides is 2. The number of hydrogen-bond acceptors (Lipinski definition) is 4. The maximum atomic E-state index is 12.5. The van der Waals surface area contributed by atoms with Crippen LogP contribution in [-0.2, 0) is 11.8 Å². The Balaban J connectivity index is 1.77. The van der Waals surface area contributed by atoms with Crippen molar-refractivity contribution >= 4 is 46.2 Å². The molecule has 2 aromatic rings. The van der Waals surface area contributed by atoms with Gasteiger partial charge in [0.15, 0.2) is 4.32 Å². The standard InChI is InChI=1S/C17H15N3O2S2/c1-11-5-7-12(8-6-11)15(21)18-20-16(22)14(24-17(20)23)10-13-4-3-9-19(13)2/h3-10H,1-2H3,(H,18,21)/b14-10+. The summed E-state index contributed by atoms with van der Waals surface area (Å²) in [5.74, 6) is -0.696. The Morgan fingerprint density at radius 2 is 1.96 bits per heavy atom. The van der Waals surface area contributed by atoms with E-state index >= 15 is 0 Å². The van der Waals surface area contributed by atoms with Crippen LogP contribution < -0.4 is 5.43 Å². The Labute approximate surface area is 149 Å². The molecular weight excluding hydrogens is 342 g/mol. The van der Waals surface area contributed by atoms with Gasteiger partial charge < -0.3 is 4.57 Å². The molecule has 7 heteroatoms. The van der Waals surface area contributed by atoms with E-state index in [4.69, 9.17) is 12.2 Å². The number of nitrogens with zero attached hydrogens (tertiary/aromatic N) is 2. The number of rotatable bonds is 3. The number of aromatic nitrogens is 1. The fraction of sp³-hybridized carbons (Fsp3) is 0.118. The molecule has 1 N–H and O–H groups in total. The molecule has 122 valence electrons. The summed E-state index contributed by atoms with van der Waals surface area (Å²) in [5.41, 5.74) is 4.99. The van der Waals surface area contributed by atoms with Gasteiger partial charge in [-0.1, -0.05) is 29.5 Å². The minimum absolute atomic E-state index is 0.306. The number of hydrogen-bond donors (Lipinski definition) is 1. The van der Waals surface area contributed by atoms with Gasteiger partial charge in [0.1, 0.15) is 0 Å². The second-order valence-electron chi connectivity index (χ2n) is 5.37. The van der Waals surface area contributed by atoms with Gasteiger partial charge in [-0.15, -0.1) is 0 Å². The van der Waals surface area contributed by atoms with Crippen molar-refractivity contribution in [2.45, 2.75) is 6.92 Å². The van der Waals surface area contributed by atoms with E-state index in [2.05, 4.69) is 5.43 Å². The minimum atomic E-state index is -0.369. The smallest absolute Gasteiger partial charge is 0.285 e. The summed E-state index contributed by atoms with van der Waals surface area (Å²) >= 11 is 6.39. The van der Waals surface area contributed by atoms with Gasteiger partial charge in [0.05, 0.1) is 4.91 Å². The monoisotopic (exact) mass is 357 g/mol. The van der Waals surface area contributed by atoms with Crippen molar-refractivity contribution in [1.82, 2.24) is 15.0 Å². The molecule has 0 aliphatic carbocycles. The lowest BCUT2D eigenvalue weighted by Crippen LogP contribution is -2.44. The molecule has 0 spiro atoms. The predicted octanol–water partition coefficient (Wildman–Crippen LogP) is 2.88. The molecule has 0 atom stereocenters. The Kier molecular flexibility index (Phi) is 4.55. The van der Waals surface area contributed by atoms with Crippen LogP contribution in [0.15, 0.2) is 47.5 Å². The predicted molar refractivity (Wildman–Crippen MR) is 99.1 cm³/mol. The zero-order valence-corrected chi connectivity index (χ0v) is 14.8.